The van der Waals surface area contributed by atoms with E-state index in [-0.39, 0.29) is 11.5 Å². The standard InChI is InChI=1S/C19H28N2O/c1-14-12-20(4)17-8-6-5-7-15(17)13-21(14)18(22)11-19(2,3)16-9-10-16/h5-8,14,16H,9-13H2,1-4H3. The van der Waals surface area contributed by atoms with E-state index in [4.69, 9.17) is 0 Å². The number of para-hydroxylation sites is 1. The molecule has 0 bridgehead atoms. The van der Waals surface area contributed by atoms with Crippen LogP contribution in [0.3, 0.4) is 0 Å². The van der Waals surface area contributed by atoms with Gasteiger partial charge in [-0.2, -0.15) is 0 Å². The summed E-state index contributed by atoms with van der Waals surface area (Å²) in [7, 11) is 2.12. The number of fused-ring (bicyclic) bond motifs is 1. The largest absolute Gasteiger partial charge is 0.372 e. The Morgan fingerprint density at radius 2 is 1.95 bits per heavy atom. The van der Waals surface area contributed by atoms with Gasteiger partial charge in [0.15, 0.2) is 0 Å². The Balaban J connectivity index is 1.79. The number of hydrogen-bond donors (Lipinski definition) is 0. The monoisotopic (exact) mass is 300 g/mol. The molecule has 3 heteroatoms. The Morgan fingerprint density at radius 1 is 1.27 bits per heavy atom. The highest BCUT2D eigenvalue weighted by Crippen LogP contribution is 2.47. The summed E-state index contributed by atoms with van der Waals surface area (Å²) in [6.07, 6.45) is 3.26. The molecule has 0 saturated heterocycles. The van der Waals surface area contributed by atoms with Crippen LogP contribution in [-0.4, -0.2) is 30.4 Å². The average Bonchev–Trinajstić information content (AvgIpc) is 3.28. The van der Waals surface area contributed by atoms with Crippen LogP contribution in [0.4, 0.5) is 5.69 Å². The van der Waals surface area contributed by atoms with Crippen molar-refractivity contribution in [2.75, 3.05) is 18.5 Å². The minimum atomic E-state index is 0.147. The molecule has 0 N–H and O–H groups in total. The lowest BCUT2D eigenvalue weighted by Crippen LogP contribution is -2.43. The third kappa shape index (κ3) is 2.99. The number of nitrogens with zero attached hydrogens (tertiary/aromatic N) is 2. The lowest BCUT2D eigenvalue weighted by molar-refractivity contribution is -0.136. The molecular formula is C19H28N2O. The van der Waals surface area contributed by atoms with Crippen molar-refractivity contribution in [3.8, 4) is 0 Å². The minimum absolute atomic E-state index is 0.147. The van der Waals surface area contributed by atoms with Crippen LogP contribution in [0.1, 0.15) is 45.6 Å². The average molecular weight is 300 g/mol. The fourth-order valence-electron chi connectivity index (χ4n) is 3.78. The van der Waals surface area contributed by atoms with Gasteiger partial charge in [0.25, 0.3) is 0 Å². The highest BCUT2D eigenvalue weighted by atomic mass is 16.2. The fraction of sp³-hybridized carbons (Fsp3) is 0.632. The van der Waals surface area contributed by atoms with Gasteiger partial charge in [-0.15, -0.1) is 0 Å². The van der Waals surface area contributed by atoms with Gasteiger partial charge < -0.3 is 9.80 Å². The van der Waals surface area contributed by atoms with Gasteiger partial charge in [-0.3, -0.25) is 4.79 Å². The number of anilines is 1. The third-order valence-corrected chi connectivity index (χ3v) is 5.42. The molecule has 1 fully saturated rings. The topological polar surface area (TPSA) is 23.6 Å². The number of hydrogen-bond acceptors (Lipinski definition) is 2. The summed E-state index contributed by atoms with van der Waals surface area (Å²) in [6, 6.07) is 8.70. The van der Waals surface area contributed by atoms with Crippen molar-refractivity contribution in [1.29, 1.82) is 0 Å². The quantitative estimate of drug-likeness (QED) is 0.850. The lowest BCUT2D eigenvalue weighted by Gasteiger charge is -2.32. The molecular weight excluding hydrogens is 272 g/mol. The third-order valence-electron chi connectivity index (χ3n) is 5.42. The molecule has 2 aliphatic rings. The molecule has 1 aromatic carbocycles. The minimum Gasteiger partial charge on any atom is -0.372 e. The van der Waals surface area contributed by atoms with Gasteiger partial charge in [0.05, 0.1) is 0 Å². The van der Waals surface area contributed by atoms with Crippen molar-refractivity contribution in [1.82, 2.24) is 4.90 Å². The van der Waals surface area contributed by atoms with Crippen molar-refractivity contribution < 1.29 is 4.79 Å². The smallest absolute Gasteiger partial charge is 0.223 e. The SMILES string of the molecule is CC1CN(C)c2ccccc2CN1C(=O)CC(C)(C)C1CC1. The zero-order chi connectivity index (χ0) is 15.9. The molecule has 0 radical (unpaired) electrons. The molecule has 1 unspecified atom stereocenters. The number of rotatable bonds is 3. The highest BCUT2D eigenvalue weighted by molar-refractivity contribution is 5.78. The second-order valence-electron chi connectivity index (χ2n) is 7.82. The van der Waals surface area contributed by atoms with E-state index in [0.717, 1.165) is 19.0 Å². The molecule has 1 heterocycles. The predicted octanol–water partition coefficient (Wildman–Crippen LogP) is 3.68. The zero-order valence-corrected chi connectivity index (χ0v) is 14.3. The van der Waals surface area contributed by atoms with E-state index in [1.807, 2.05) is 0 Å². The number of likely N-dealkylation sites (N-methyl/N-ethyl adjacent to an activating group) is 1. The second kappa shape index (κ2) is 5.60. The maximum atomic E-state index is 12.9. The second-order valence-corrected chi connectivity index (χ2v) is 7.82. The molecule has 1 atom stereocenters. The molecule has 3 rings (SSSR count). The molecule has 1 aliphatic heterocycles. The van der Waals surface area contributed by atoms with E-state index >= 15 is 0 Å². The maximum Gasteiger partial charge on any atom is 0.223 e. The van der Waals surface area contributed by atoms with E-state index in [0.29, 0.717) is 12.3 Å². The van der Waals surface area contributed by atoms with E-state index in [2.05, 4.69) is 61.9 Å². The van der Waals surface area contributed by atoms with Gasteiger partial charge in [-0.1, -0.05) is 32.0 Å². The van der Waals surface area contributed by atoms with Crippen LogP contribution >= 0.6 is 0 Å². The first kappa shape index (κ1) is 15.4. The van der Waals surface area contributed by atoms with Crippen molar-refractivity contribution >= 4 is 11.6 Å². The van der Waals surface area contributed by atoms with Crippen molar-refractivity contribution in [2.45, 2.75) is 52.6 Å². The molecule has 22 heavy (non-hydrogen) atoms. The molecule has 3 nitrogen and oxygen atoms in total. The van der Waals surface area contributed by atoms with Crippen molar-refractivity contribution in [2.24, 2.45) is 11.3 Å². The Bertz CT molecular complexity index is 562. The summed E-state index contributed by atoms with van der Waals surface area (Å²) < 4.78 is 0. The molecule has 1 saturated carbocycles. The highest BCUT2D eigenvalue weighted by Gasteiger charge is 2.40. The van der Waals surface area contributed by atoms with E-state index in [9.17, 15) is 4.79 Å². The van der Waals surface area contributed by atoms with Gasteiger partial charge in [-0.05, 0) is 42.7 Å². The Hall–Kier alpha value is -1.51. The van der Waals surface area contributed by atoms with Crippen LogP contribution < -0.4 is 4.90 Å². The summed E-state index contributed by atoms with van der Waals surface area (Å²) in [4.78, 5) is 17.3. The Kier molecular flexibility index (Phi) is 3.92. The number of carbonyl (C=O) groups is 1. The van der Waals surface area contributed by atoms with E-state index < -0.39 is 0 Å². The number of carbonyl (C=O) groups excluding carboxylic acids is 1. The van der Waals surface area contributed by atoms with Crippen LogP contribution in [0.15, 0.2) is 24.3 Å². The Labute approximate surface area is 134 Å². The molecule has 1 aromatic rings. The van der Waals surface area contributed by atoms with Gasteiger partial charge >= 0.3 is 0 Å². The van der Waals surface area contributed by atoms with E-state index in [1.54, 1.807) is 0 Å². The molecule has 120 valence electrons. The molecule has 1 aliphatic carbocycles. The first-order valence-electron chi connectivity index (χ1n) is 8.47. The van der Waals surface area contributed by atoms with E-state index in [1.165, 1.54) is 24.1 Å². The first-order valence-corrected chi connectivity index (χ1v) is 8.47. The molecule has 0 spiro atoms. The van der Waals surface area contributed by atoms with Crippen LogP contribution in [0.2, 0.25) is 0 Å². The summed E-state index contributed by atoms with van der Waals surface area (Å²) in [6.45, 7) is 8.31. The number of benzene rings is 1. The van der Waals surface area contributed by atoms with Gasteiger partial charge in [0.2, 0.25) is 5.91 Å². The lowest BCUT2D eigenvalue weighted by atomic mass is 9.83. The Morgan fingerprint density at radius 3 is 2.64 bits per heavy atom. The van der Waals surface area contributed by atoms with Gasteiger partial charge in [-0.25, -0.2) is 0 Å². The molecule has 0 aromatic heterocycles. The van der Waals surface area contributed by atoms with Gasteiger partial charge in [0, 0.05) is 38.3 Å². The van der Waals surface area contributed by atoms with Crippen LogP contribution in [0.25, 0.3) is 0 Å². The maximum absolute atomic E-state index is 12.9. The normalized spacial score (nSPS) is 22.3. The zero-order valence-electron chi connectivity index (χ0n) is 14.3. The van der Waals surface area contributed by atoms with Gasteiger partial charge in [0.1, 0.15) is 0 Å². The summed E-state index contributed by atoms with van der Waals surface area (Å²) in [5, 5.41) is 0. The van der Waals surface area contributed by atoms with Crippen molar-refractivity contribution in [3.63, 3.8) is 0 Å². The van der Waals surface area contributed by atoms with Crippen LogP contribution in [0, 0.1) is 11.3 Å². The summed E-state index contributed by atoms with van der Waals surface area (Å²) in [5.74, 6) is 1.06. The van der Waals surface area contributed by atoms with Crippen LogP contribution in [-0.2, 0) is 11.3 Å². The fourth-order valence-corrected chi connectivity index (χ4v) is 3.78. The summed E-state index contributed by atoms with van der Waals surface area (Å²) >= 11 is 0. The van der Waals surface area contributed by atoms with Crippen LogP contribution in [0.5, 0.6) is 0 Å². The first-order chi connectivity index (χ1) is 10.4. The number of amides is 1. The van der Waals surface area contributed by atoms with Crippen molar-refractivity contribution in [3.05, 3.63) is 29.8 Å². The summed E-state index contributed by atoms with van der Waals surface area (Å²) in [5.41, 5.74) is 2.66. The predicted molar refractivity (Wildman–Crippen MR) is 90.8 cm³/mol. The molecule has 1 amide bonds.